The van der Waals surface area contributed by atoms with Crippen LogP contribution in [0.1, 0.15) is 32.3 Å². The molecule has 3 nitrogen and oxygen atoms in total. The number of aliphatic hydroxyl groups is 1. The molecule has 1 unspecified atom stereocenters. The Morgan fingerprint density at radius 3 is 2.40 bits per heavy atom. The van der Waals surface area contributed by atoms with Crippen LogP contribution in [0.4, 0.5) is 8.78 Å². The second kappa shape index (κ2) is 8.87. The summed E-state index contributed by atoms with van der Waals surface area (Å²) in [4.78, 5) is 0. The van der Waals surface area contributed by atoms with Gasteiger partial charge in [0.1, 0.15) is 5.75 Å². The number of benzene rings is 1. The summed E-state index contributed by atoms with van der Waals surface area (Å²) in [6.07, 6.45) is 2.66. The lowest BCUT2D eigenvalue weighted by atomic mass is 10.0. The molecule has 0 aliphatic carbocycles. The third kappa shape index (κ3) is 6.30. The second-order valence-electron chi connectivity index (χ2n) is 4.92. The highest BCUT2D eigenvalue weighted by Gasteiger charge is 2.09. The molecule has 0 fully saturated rings. The number of rotatable bonds is 9. The van der Waals surface area contributed by atoms with Crippen LogP contribution in [0.3, 0.4) is 0 Å². The highest BCUT2D eigenvalue weighted by molar-refractivity contribution is 5.27. The minimum Gasteiger partial charge on any atom is -0.435 e. The number of aliphatic hydroxyl groups excluding tert-OH is 1. The van der Waals surface area contributed by atoms with Crippen LogP contribution in [0.15, 0.2) is 24.3 Å². The molecule has 2 N–H and O–H groups in total. The largest absolute Gasteiger partial charge is 0.435 e. The highest BCUT2D eigenvalue weighted by atomic mass is 19.3. The maximum absolute atomic E-state index is 12.0. The number of hydrogen-bond acceptors (Lipinski definition) is 3. The summed E-state index contributed by atoms with van der Waals surface area (Å²) in [5.74, 6) is 0.182. The fourth-order valence-corrected chi connectivity index (χ4v) is 2.01. The van der Waals surface area contributed by atoms with Gasteiger partial charge in [0.15, 0.2) is 0 Å². The monoisotopic (exact) mass is 287 g/mol. The molecule has 0 saturated carbocycles. The number of hydrogen-bond donors (Lipinski definition) is 2. The maximum atomic E-state index is 12.0. The molecule has 0 aliphatic heterocycles. The van der Waals surface area contributed by atoms with E-state index in [1.807, 2.05) is 6.92 Å². The van der Waals surface area contributed by atoms with Crippen molar-refractivity contribution in [2.45, 2.75) is 51.8 Å². The zero-order chi connectivity index (χ0) is 15.0. The molecular formula is C15H23F2NO2. The lowest BCUT2D eigenvalue weighted by molar-refractivity contribution is -0.0498. The van der Waals surface area contributed by atoms with Crippen LogP contribution in [-0.2, 0) is 6.42 Å². The fraction of sp³-hybridized carbons (Fsp3) is 0.600. The van der Waals surface area contributed by atoms with E-state index in [9.17, 15) is 8.78 Å². The molecule has 114 valence electrons. The molecule has 0 bridgehead atoms. The van der Waals surface area contributed by atoms with Gasteiger partial charge in [0.25, 0.3) is 0 Å². The van der Waals surface area contributed by atoms with Crippen molar-refractivity contribution in [1.82, 2.24) is 5.32 Å². The predicted molar refractivity (Wildman–Crippen MR) is 75.2 cm³/mol. The molecule has 0 amide bonds. The second-order valence-corrected chi connectivity index (χ2v) is 4.92. The quantitative estimate of drug-likeness (QED) is 0.733. The summed E-state index contributed by atoms with van der Waals surface area (Å²) in [5, 5.41) is 12.5. The standard InChI is InChI=1S/C15H23F2NO2/c1-3-13(10-19)18-11(2)4-5-12-6-8-14(9-7-12)20-15(16)17/h6-9,11,13,15,18-19H,3-5,10H2,1-2H3/t11?,13-/m0/s1. The van der Waals surface area contributed by atoms with Crippen molar-refractivity contribution in [3.05, 3.63) is 29.8 Å². The van der Waals surface area contributed by atoms with E-state index in [0.717, 1.165) is 24.8 Å². The van der Waals surface area contributed by atoms with Crippen LogP contribution in [0.2, 0.25) is 0 Å². The van der Waals surface area contributed by atoms with E-state index < -0.39 is 6.61 Å². The van der Waals surface area contributed by atoms with Gasteiger partial charge in [0, 0.05) is 12.1 Å². The van der Waals surface area contributed by atoms with Gasteiger partial charge in [0.2, 0.25) is 0 Å². The van der Waals surface area contributed by atoms with Gasteiger partial charge in [-0.1, -0.05) is 19.1 Å². The molecule has 0 aliphatic rings. The first-order valence-corrected chi connectivity index (χ1v) is 6.95. The average Bonchev–Trinajstić information content (AvgIpc) is 2.43. The van der Waals surface area contributed by atoms with Crippen LogP contribution >= 0.6 is 0 Å². The molecule has 0 spiro atoms. The normalized spacial score (nSPS) is 14.3. The molecule has 0 radical (unpaired) electrons. The van der Waals surface area contributed by atoms with E-state index in [0.29, 0.717) is 6.04 Å². The van der Waals surface area contributed by atoms with E-state index in [-0.39, 0.29) is 18.4 Å². The Labute approximate surface area is 119 Å². The van der Waals surface area contributed by atoms with Crippen molar-refractivity contribution in [3.8, 4) is 5.75 Å². The van der Waals surface area contributed by atoms with Gasteiger partial charge < -0.3 is 15.2 Å². The molecule has 2 atom stereocenters. The third-order valence-electron chi connectivity index (χ3n) is 3.25. The first kappa shape index (κ1) is 16.9. The summed E-state index contributed by atoms with van der Waals surface area (Å²) in [6, 6.07) is 7.14. The Kier molecular flexibility index (Phi) is 7.47. The molecule has 0 heterocycles. The Morgan fingerprint density at radius 2 is 1.90 bits per heavy atom. The number of ether oxygens (including phenoxy) is 1. The van der Waals surface area contributed by atoms with Gasteiger partial charge in [0.05, 0.1) is 6.61 Å². The number of aryl methyl sites for hydroxylation is 1. The Morgan fingerprint density at radius 1 is 1.25 bits per heavy atom. The number of nitrogens with one attached hydrogen (secondary N) is 1. The van der Waals surface area contributed by atoms with Gasteiger partial charge in [-0.2, -0.15) is 8.78 Å². The minimum atomic E-state index is -2.78. The van der Waals surface area contributed by atoms with Crippen molar-refractivity contribution in [2.75, 3.05) is 6.61 Å². The lowest BCUT2D eigenvalue weighted by Crippen LogP contribution is -2.38. The van der Waals surface area contributed by atoms with Crippen molar-refractivity contribution < 1.29 is 18.6 Å². The molecular weight excluding hydrogens is 264 g/mol. The summed E-state index contributed by atoms with van der Waals surface area (Å²) in [5.41, 5.74) is 1.08. The molecule has 0 aromatic heterocycles. The average molecular weight is 287 g/mol. The molecule has 1 aromatic rings. The molecule has 20 heavy (non-hydrogen) atoms. The molecule has 0 saturated heterocycles. The van der Waals surface area contributed by atoms with Crippen molar-refractivity contribution in [1.29, 1.82) is 0 Å². The lowest BCUT2D eigenvalue weighted by Gasteiger charge is -2.20. The first-order valence-electron chi connectivity index (χ1n) is 6.95. The Balaban J connectivity index is 2.37. The summed E-state index contributed by atoms with van der Waals surface area (Å²) >= 11 is 0. The van der Waals surface area contributed by atoms with Gasteiger partial charge >= 0.3 is 6.61 Å². The topological polar surface area (TPSA) is 41.5 Å². The van der Waals surface area contributed by atoms with Gasteiger partial charge in [-0.25, -0.2) is 0 Å². The van der Waals surface area contributed by atoms with Crippen molar-refractivity contribution in [2.24, 2.45) is 0 Å². The summed E-state index contributed by atoms with van der Waals surface area (Å²) in [6.45, 7) is 1.46. The first-order chi connectivity index (χ1) is 9.55. The Hall–Kier alpha value is -1.20. The highest BCUT2D eigenvalue weighted by Crippen LogP contribution is 2.16. The van der Waals surface area contributed by atoms with Crippen LogP contribution < -0.4 is 10.1 Å². The molecule has 5 heteroatoms. The van der Waals surface area contributed by atoms with Crippen molar-refractivity contribution in [3.63, 3.8) is 0 Å². The van der Waals surface area contributed by atoms with Gasteiger partial charge in [-0.15, -0.1) is 0 Å². The minimum absolute atomic E-state index is 0.131. The van der Waals surface area contributed by atoms with E-state index >= 15 is 0 Å². The Bertz CT molecular complexity index is 367. The van der Waals surface area contributed by atoms with Crippen LogP contribution in [-0.4, -0.2) is 30.4 Å². The molecule has 1 aromatic carbocycles. The van der Waals surface area contributed by atoms with Crippen LogP contribution in [0.5, 0.6) is 5.75 Å². The SMILES string of the molecule is CC[C@@H](CO)NC(C)CCc1ccc(OC(F)F)cc1. The van der Waals surface area contributed by atoms with E-state index in [1.54, 1.807) is 24.3 Å². The number of halogens is 2. The van der Waals surface area contributed by atoms with E-state index in [4.69, 9.17) is 5.11 Å². The summed E-state index contributed by atoms with van der Waals surface area (Å²) < 4.78 is 28.3. The van der Waals surface area contributed by atoms with Gasteiger partial charge in [-0.3, -0.25) is 0 Å². The zero-order valence-electron chi connectivity index (χ0n) is 12.0. The van der Waals surface area contributed by atoms with Crippen LogP contribution in [0.25, 0.3) is 0 Å². The van der Waals surface area contributed by atoms with Crippen molar-refractivity contribution >= 4 is 0 Å². The maximum Gasteiger partial charge on any atom is 0.387 e. The van der Waals surface area contributed by atoms with E-state index in [2.05, 4.69) is 17.0 Å². The smallest absolute Gasteiger partial charge is 0.387 e. The zero-order valence-corrected chi connectivity index (χ0v) is 12.0. The fourth-order valence-electron chi connectivity index (χ4n) is 2.01. The van der Waals surface area contributed by atoms with Crippen LogP contribution in [0, 0.1) is 0 Å². The molecule has 1 rings (SSSR count). The van der Waals surface area contributed by atoms with Gasteiger partial charge in [-0.05, 0) is 43.9 Å². The van der Waals surface area contributed by atoms with E-state index in [1.165, 1.54) is 0 Å². The summed E-state index contributed by atoms with van der Waals surface area (Å²) in [7, 11) is 0. The predicted octanol–water partition coefficient (Wildman–Crippen LogP) is 2.97. The third-order valence-corrected chi connectivity index (χ3v) is 3.25. The number of alkyl halides is 2.